The van der Waals surface area contributed by atoms with Gasteiger partial charge < -0.3 is 9.67 Å². The average Bonchev–Trinajstić information content (AvgIpc) is 2.29. The quantitative estimate of drug-likeness (QED) is 0.754. The SMILES string of the molecule is Cn1c(C(=O)O)ccc1C1CCC1. The smallest absolute Gasteiger partial charge is 0.352 e. The molecule has 0 radical (unpaired) electrons. The van der Waals surface area contributed by atoms with E-state index in [9.17, 15) is 4.79 Å². The monoisotopic (exact) mass is 179 g/mol. The van der Waals surface area contributed by atoms with Crippen molar-refractivity contribution < 1.29 is 9.90 Å². The van der Waals surface area contributed by atoms with E-state index in [0.717, 1.165) is 0 Å². The Morgan fingerprint density at radius 2 is 2.23 bits per heavy atom. The second kappa shape index (κ2) is 2.91. The highest BCUT2D eigenvalue weighted by molar-refractivity contribution is 5.86. The lowest BCUT2D eigenvalue weighted by atomic mass is 9.83. The molecule has 0 spiro atoms. The first-order valence-corrected chi connectivity index (χ1v) is 4.59. The minimum absolute atomic E-state index is 0.391. The Morgan fingerprint density at radius 1 is 1.54 bits per heavy atom. The van der Waals surface area contributed by atoms with Crippen molar-refractivity contribution in [1.29, 1.82) is 0 Å². The molecule has 1 aliphatic carbocycles. The number of hydrogen-bond donors (Lipinski definition) is 1. The fourth-order valence-corrected chi connectivity index (χ4v) is 1.86. The van der Waals surface area contributed by atoms with Crippen molar-refractivity contribution in [3.8, 4) is 0 Å². The third kappa shape index (κ3) is 1.24. The molecule has 0 aliphatic heterocycles. The lowest BCUT2D eigenvalue weighted by molar-refractivity contribution is 0.0686. The van der Waals surface area contributed by atoms with Crippen LogP contribution in [-0.2, 0) is 7.05 Å². The zero-order valence-electron chi connectivity index (χ0n) is 7.66. The van der Waals surface area contributed by atoms with Crippen LogP contribution in [0.5, 0.6) is 0 Å². The number of carboxylic acid groups (broad SMARTS) is 1. The van der Waals surface area contributed by atoms with Crippen LogP contribution in [0.4, 0.5) is 0 Å². The summed E-state index contributed by atoms with van der Waals surface area (Å²) in [4.78, 5) is 10.7. The number of carbonyl (C=O) groups is 1. The highest BCUT2D eigenvalue weighted by Crippen LogP contribution is 2.36. The maximum absolute atomic E-state index is 10.7. The third-order valence-electron chi connectivity index (χ3n) is 2.90. The van der Waals surface area contributed by atoms with Gasteiger partial charge in [-0.05, 0) is 30.9 Å². The zero-order chi connectivity index (χ0) is 9.42. The van der Waals surface area contributed by atoms with Gasteiger partial charge in [0, 0.05) is 12.7 Å². The van der Waals surface area contributed by atoms with Gasteiger partial charge in [-0.15, -0.1) is 0 Å². The van der Waals surface area contributed by atoms with Crippen molar-refractivity contribution >= 4 is 5.97 Å². The Morgan fingerprint density at radius 3 is 2.62 bits per heavy atom. The van der Waals surface area contributed by atoms with Crippen LogP contribution in [0.15, 0.2) is 12.1 Å². The molecule has 1 N–H and O–H groups in total. The maximum Gasteiger partial charge on any atom is 0.352 e. The molecule has 1 aromatic rings. The van der Waals surface area contributed by atoms with E-state index < -0.39 is 5.97 Å². The van der Waals surface area contributed by atoms with Gasteiger partial charge in [-0.3, -0.25) is 0 Å². The summed E-state index contributed by atoms with van der Waals surface area (Å²) in [5.74, 6) is -0.244. The third-order valence-corrected chi connectivity index (χ3v) is 2.90. The largest absolute Gasteiger partial charge is 0.477 e. The topological polar surface area (TPSA) is 42.2 Å². The van der Waals surface area contributed by atoms with Gasteiger partial charge in [-0.1, -0.05) is 6.42 Å². The van der Waals surface area contributed by atoms with Gasteiger partial charge in [0.05, 0.1) is 0 Å². The molecule has 1 saturated carbocycles. The molecule has 1 aliphatic rings. The van der Waals surface area contributed by atoms with E-state index in [2.05, 4.69) is 0 Å². The van der Waals surface area contributed by atoms with Crippen LogP contribution < -0.4 is 0 Å². The van der Waals surface area contributed by atoms with Crippen molar-refractivity contribution in [2.45, 2.75) is 25.2 Å². The highest BCUT2D eigenvalue weighted by Gasteiger charge is 2.23. The molecule has 0 amide bonds. The van der Waals surface area contributed by atoms with E-state index in [1.165, 1.54) is 25.0 Å². The summed E-state index contributed by atoms with van der Waals surface area (Å²) in [5.41, 5.74) is 1.56. The number of carboxylic acids is 1. The number of nitrogens with zero attached hydrogens (tertiary/aromatic N) is 1. The van der Waals surface area contributed by atoms with Crippen LogP contribution >= 0.6 is 0 Å². The molecule has 70 valence electrons. The van der Waals surface area contributed by atoms with Crippen molar-refractivity contribution in [2.24, 2.45) is 7.05 Å². The van der Waals surface area contributed by atoms with Gasteiger partial charge in [0.2, 0.25) is 0 Å². The second-order valence-electron chi connectivity index (χ2n) is 3.64. The molecular weight excluding hydrogens is 166 g/mol. The first kappa shape index (κ1) is 8.35. The molecule has 0 unspecified atom stereocenters. The second-order valence-corrected chi connectivity index (χ2v) is 3.64. The molecule has 13 heavy (non-hydrogen) atoms. The van der Waals surface area contributed by atoms with Gasteiger partial charge in [-0.25, -0.2) is 4.79 Å². The molecule has 3 heteroatoms. The molecule has 3 nitrogen and oxygen atoms in total. The molecule has 2 rings (SSSR count). The Hall–Kier alpha value is -1.25. The summed E-state index contributed by atoms with van der Waals surface area (Å²) in [5, 5.41) is 8.83. The van der Waals surface area contributed by atoms with Crippen LogP contribution in [0.1, 0.15) is 41.4 Å². The van der Waals surface area contributed by atoms with Gasteiger partial charge >= 0.3 is 5.97 Å². The van der Waals surface area contributed by atoms with Crippen molar-refractivity contribution in [3.63, 3.8) is 0 Å². The van der Waals surface area contributed by atoms with Crippen molar-refractivity contribution in [1.82, 2.24) is 4.57 Å². The minimum Gasteiger partial charge on any atom is -0.477 e. The van der Waals surface area contributed by atoms with E-state index in [-0.39, 0.29) is 0 Å². The molecule has 1 fully saturated rings. The molecule has 1 aromatic heterocycles. The molecule has 1 heterocycles. The lowest BCUT2D eigenvalue weighted by Gasteiger charge is -2.26. The number of aromatic carboxylic acids is 1. The van der Waals surface area contributed by atoms with Gasteiger partial charge in [0.1, 0.15) is 5.69 Å². The van der Waals surface area contributed by atoms with E-state index in [1.807, 2.05) is 13.1 Å². The van der Waals surface area contributed by atoms with Crippen molar-refractivity contribution in [2.75, 3.05) is 0 Å². The number of rotatable bonds is 2. The summed E-state index contributed by atoms with van der Waals surface area (Å²) < 4.78 is 1.80. The fourth-order valence-electron chi connectivity index (χ4n) is 1.86. The van der Waals surface area contributed by atoms with Crippen LogP contribution in [0.3, 0.4) is 0 Å². The van der Waals surface area contributed by atoms with Crippen LogP contribution in [0, 0.1) is 0 Å². The minimum atomic E-state index is -0.840. The Balaban J connectivity index is 2.32. The Bertz CT molecular complexity index is 337. The maximum atomic E-state index is 10.7. The molecular formula is C10H13NO2. The number of hydrogen-bond acceptors (Lipinski definition) is 1. The highest BCUT2D eigenvalue weighted by atomic mass is 16.4. The van der Waals surface area contributed by atoms with E-state index in [1.54, 1.807) is 10.6 Å². The standard InChI is InChI=1S/C10H13NO2/c1-11-8(7-3-2-4-7)5-6-9(11)10(12)13/h5-7H,2-4H2,1H3,(H,12,13). The van der Waals surface area contributed by atoms with Gasteiger partial charge in [-0.2, -0.15) is 0 Å². The number of aromatic nitrogens is 1. The summed E-state index contributed by atoms with van der Waals surface area (Å²) in [6, 6.07) is 3.63. The first-order valence-electron chi connectivity index (χ1n) is 4.59. The summed E-state index contributed by atoms with van der Waals surface area (Å²) in [6.07, 6.45) is 3.69. The molecule has 0 atom stereocenters. The van der Waals surface area contributed by atoms with E-state index in [4.69, 9.17) is 5.11 Å². The van der Waals surface area contributed by atoms with E-state index in [0.29, 0.717) is 11.6 Å². The summed E-state index contributed by atoms with van der Waals surface area (Å²) in [7, 11) is 1.83. The Kier molecular flexibility index (Phi) is 1.87. The zero-order valence-corrected chi connectivity index (χ0v) is 7.66. The Labute approximate surface area is 77.0 Å². The summed E-state index contributed by atoms with van der Waals surface area (Å²) in [6.45, 7) is 0. The van der Waals surface area contributed by atoms with Crippen LogP contribution in [-0.4, -0.2) is 15.6 Å². The molecule has 0 aromatic carbocycles. The first-order chi connectivity index (χ1) is 6.20. The van der Waals surface area contributed by atoms with E-state index >= 15 is 0 Å². The van der Waals surface area contributed by atoms with Gasteiger partial charge in [0.25, 0.3) is 0 Å². The fraction of sp³-hybridized carbons (Fsp3) is 0.500. The van der Waals surface area contributed by atoms with Gasteiger partial charge in [0.15, 0.2) is 0 Å². The molecule has 0 saturated heterocycles. The van der Waals surface area contributed by atoms with Crippen LogP contribution in [0.2, 0.25) is 0 Å². The molecule has 0 bridgehead atoms. The predicted molar refractivity (Wildman–Crippen MR) is 49.0 cm³/mol. The lowest BCUT2D eigenvalue weighted by Crippen LogP contribution is -2.14. The van der Waals surface area contributed by atoms with Crippen LogP contribution in [0.25, 0.3) is 0 Å². The van der Waals surface area contributed by atoms with Crippen molar-refractivity contribution in [3.05, 3.63) is 23.5 Å². The normalized spacial score (nSPS) is 17.0. The average molecular weight is 179 g/mol. The predicted octanol–water partition coefficient (Wildman–Crippen LogP) is 1.99. The summed E-state index contributed by atoms with van der Waals surface area (Å²) >= 11 is 0.